The first-order valence-electron chi connectivity index (χ1n) is 8.73. The summed E-state index contributed by atoms with van der Waals surface area (Å²) >= 11 is 5.45. The third kappa shape index (κ3) is 3.96. The minimum atomic E-state index is 0.617. The molecule has 5 nitrogen and oxygen atoms in total. The van der Waals surface area contributed by atoms with Crippen LogP contribution in [0.2, 0.25) is 0 Å². The Morgan fingerprint density at radius 2 is 1.67 bits per heavy atom. The van der Waals surface area contributed by atoms with E-state index in [0.717, 1.165) is 33.4 Å². The Hall–Kier alpha value is -3.25. The fourth-order valence-corrected chi connectivity index (χ4v) is 3.18. The molecule has 0 atom stereocenters. The van der Waals surface area contributed by atoms with Gasteiger partial charge in [0, 0.05) is 42.6 Å². The summed E-state index contributed by atoms with van der Waals surface area (Å²) in [4.78, 5) is 11.9. The molecule has 27 heavy (non-hydrogen) atoms. The van der Waals surface area contributed by atoms with Crippen LogP contribution >= 0.6 is 12.2 Å². The Labute approximate surface area is 162 Å². The van der Waals surface area contributed by atoms with Crippen LogP contribution in [0.4, 0.5) is 0 Å². The molecule has 0 unspecified atom stereocenters. The predicted molar refractivity (Wildman–Crippen MR) is 112 cm³/mol. The summed E-state index contributed by atoms with van der Waals surface area (Å²) < 4.78 is 0. The molecule has 4 rings (SSSR count). The molecule has 1 aromatic carbocycles. The first kappa shape index (κ1) is 17.2. The van der Waals surface area contributed by atoms with Crippen molar-refractivity contribution >= 4 is 28.4 Å². The topological polar surface area (TPSA) is 65.6 Å². The minimum Gasteiger partial charge on any atom is -0.359 e. The Kier molecular flexibility index (Phi) is 5.07. The number of pyridine rings is 2. The summed E-state index contributed by atoms with van der Waals surface area (Å²) in [6, 6.07) is 18.2. The number of rotatable bonds is 5. The lowest BCUT2D eigenvalue weighted by Crippen LogP contribution is -2.34. The van der Waals surface area contributed by atoms with E-state index in [1.54, 1.807) is 6.20 Å². The van der Waals surface area contributed by atoms with E-state index >= 15 is 0 Å². The number of aromatic amines is 1. The van der Waals surface area contributed by atoms with E-state index in [1.165, 1.54) is 0 Å². The van der Waals surface area contributed by atoms with Gasteiger partial charge in [-0.1, -0.05) is 30.3 Å². The van der Waals surface area contributed by atoms with Crippen molar-refractivity contribution in [3.05, 3.63) is 84.3 Å². The van der Waals surface area contributed by atoms with Crippen LogP contribution < -0.4 is 10.6 Å². The molecule has 0 saturated heterocycles. The van der Waals surface area contributed by atoms with E-state index in [4.69, 9.17) is 12.2 Å². The lowest BCUT2D eigenvalue weighted by Gasteiger charge is -2.13. The molecule has 0 aliphatic carbocycles. The SMILES string of the molecule is S=C(NCc1ccccc1-c1ccccn1)NCc1ccnc2[nH]ccc12. The van der Waals surface area contributed by atoms with Gasteiger partial charge in [0.15, 0.2) is 5.11 Å². The molecule has 134 valence electrons. The number of nitrogens with zero attached hydrogens (tertiary/aromatic N) is 2. The largest absolute Gasteiger partial charge is 0.359 e. The van der Waals surface area contributed by atoms with E-state index in [0.29, 0.717) is 18.2 Å². The monoisotopic (exact) mass is 373 g/mol. The number of aromatic nitrogens is 3. The second-order valence-electron chi connectivity index (χ2n) is 6.12. The molecule has 0 spiro atoms. The Balaban J connectivity index is 1.40. The van der Waals surface area contributed by atoms with Gasteiger partial charge in [-0.05, 0) is 47.6 Å². The van der Waals surface area contributed by atoms with Crippen molar-refractivity contribution in [2.24, 2.45) is 0 Å². The highest BCUT2D eigenvalue weighted by Gasteiger charge is 2.07. The average molecular weight is 373 g/mol. The van der Waals surface area contributed by atoms with Gasteiger partial charge >= 0.3 is 0 Å². The van der Waals surface area contributed by atoms with E-state index in [9.17, 15) is 0 Å². The summed E-state index contributed by atoms with van der Waals surface area (Å²) in [5, 5.41) is 8.29. The van der Waals surface area contributed by atoms with Crippen molar-refractivity contribution in [2.45, 2.75) is 13.1 Å². The van der Waals surface area contributed by atoms with Gasteiger partial charge in [-0.25, -0.2) is 4.98 Å². The normalized spacial score (nSPS) is 10.7. The Bertz CT molecular complexity index is 1060. The van der Waals surface area contributed by atoms with Crippen LogP contribution in [0.25, 0.3) is 22.3 Å². The highest BCUT2D eigenvalue weighted by Crippen LogP contribution is 2.21. The number of thiocarbonyl (C=S) groups is 1. The first-order valence-corrected chi connectivity index (χ1v) is 9.14. The molecule has 0 aliphatic heterocycles. The smallest absolute Gasteiger partial charge is 0.166 e. The van der Waals surface area contributed by atoms with Gasteiger partial charge in [0.2, 0.25) is 0 Å². The zero-order chi connectivity index (χ0) is 18.5. The average Bonchev–Trinajstić information content (AvgIpc) is 3.21. The first-order chi connectivity index (χ1) is 13.3. The third-order valence-corrected chi connectivity index (χ3v) is 4.68. The fraction of sp³-hybridized carbons (Fsp3) is 0.0952. The number of nitrogens with one attached hydrogen (secondary N) is 3. The lowest BCUT2D eigenvalue weighted by molar-refractivity contribution is 0.836. The summed E-state index contributed by atoms with van der Waals surface area (Å²) in [7, 11) is 0. The molecule has 3 N–H and O–H groups in total. The van der Waals surface area contributed by atoms with Gasteiger partial charge in [-0.2, -0.15) is 0 Å². The quantitative estimate of drug-likeness (QED) is 0.465. The van der Waals surface area contributed by atoms with Crippen LogP contribution in [0, 0.1) is 0 Å². The van der Waals surface area contributed by atoms with Gasteiger partial charge < -0.3 is 15.6 Å². The van der Waals surface area contributed by atoms with E-state index < -0.39 is 0 Å². The van der Waals surface area contributed by atoms with Crippen LogP contribution in [0.5, 0.6) is 0 Å². The van der Waals surface area contributed by atoms with Crippen LogP contribution in [-0.4, -0.2) is 20.1 Å². The van der Waals surface area contributed by atoms with Crippen molar-refractivity contribution in [3.63, 3.8) is 0 Å². The lowest BCUT2D eigenvalue weighted by atomic mass is 10.0. The van der Waals surface area contributed by atoms with Gasteiger partial charge in [-0.15, -0.1) is 0 Å². The zero-order valence-corrected chi connectivity index (χ0v) is 15.5. The molecule has 3 heterocycles. The molecule has 0 aliphatic rings. The molecule has 3 aromatic heterocycles. The van der Waals surface area contributed by atoms with Crippen molar-refractivity contribution in [1.29, 1.82) is 0 Å². The maximum atomic E-state index is 5.45. The second-order valence-corrected chi connectivity index (χ2v) is 6.53. The highest BCUT2D eigenvalue weighted by molar-refractivity contribution is 7.80. The summed E-state index contributed by atoms with van der Waals surface area (Å²) in [6.45, 7) is 1.28. The molecule has 0 amide bonds. The molecular formula is C21H19N5S. The van der Waals surface area contributed by atoms with Gasteiger partial charge in [-0.3, -0.25) is 4.98 Å². The molecular weight excluding hydrogens is 354 g/mol. The van der Waals surface area contributed by atoms with Crippen LogP contribution in [0.3, 0.4) is 0 Å². The van der Waals surface area contributed by atoms with Crippen LogP contribution in [0.1, 0.15) is 11.1 Å². The van der Waals surface area contributed by atoms with Crippen molar-refractivity contribution in [3.8, 4) is 11.3 Å². The minimum absolute atomic E-state index is 0.617. The van der Waals surface area contributed by atoms with Crippen LogP contribution in [0.15, 0.2) is 73.2 Å². The van der Waals surface area contributed by atoms with Crippen molar-refractivity contribution in [2.75, 3.05) is 0 Å². The third-order valence-electron chi connectivity index (χ3n) is 4.39. The number of benzene rings is 1. The molecule has 6 heteroatoms. The molecule has 0 bridgehead atoms. The summed E-state index contributed by atoms with van der Waals surface area (Å²) in [5.74, 6) is 0. The Morgan fingerprint density at radius 1 is 0.852 bits per heavy atom. The van der Waals surface area contributed by atoms with Gasteiger partial charge in [0.1, 0.15) is 5.65 Å². The van der Waals surface area contributed by atoms with E-state index in [2.05, 4.69) is 37.7 Å². The maximum Gasteiger partial charge on any atom is 0.166 e. The number of H-pyrrole nitrogens is 1. The van der Waals surface area contributed by atoms with E-state index in [-0.39, 0.29) is 0 Å². The molecule has 0 saturated carbocycles. The number of hydrogen-bond donors (Lipinski definition) is 3. The standard InChI is InChI=1S/C21H19N5S/c27-21(26-14-16-8-11-23-20-18(16)9-12-24-20)25-13-15-5-1-2-6-17(15)19-7-3-4-10-22-19/h1-12H,13-14H2,(H,23,24)(H2,25,26,27). The summed E-state index contributed by atoms with van der Waals surface area (Å²) in [5.41, 5.74) is 5.26. The van der Waals surface area contributed by atoms with Gasteiger partial charge in [0.25, 0.3) is 0 Å². The Morgan fingerprint density at radius 3 is 2.52 bits per heavy atom. The number of fused-ring (bicyclic) bond motifs is 1. The molecule has 0 fully saturated rings. The van der Waals surface area contributed by atoms with Crippen molar-refractivity contribution < 1.29 is 0 Å². The van der Waals surface area contributed by atoms with Crippen molar-refractivity contribution in [1.82, 2.24) is 25.6 Å². The second kappa shape index (κ2) is 7.97. The van der Waals surface area contributed by atoms with Gasteiger partial charge in [0.05, 0.1) is 5.69 Å². The number of hydrogen-bond acceptors (Lipinski definition) is 3. The molecule has 4 aromatic rings. The van der Waals surface area contributed by atoms with Crippen LogP contribution in [-0.2, 0) is 13.1 Å². The summed E-state index contributed by atoms with van der Waals surface area (Å²) in [6.07, 6.45) is 5.50. The predicted octanol–water partition coefficient (Wildman–Crippen LogP) is 3.79. The fourth-order valence-electron chi connectivity index (χ4n) is 3.03. The molecule has 0 radical (unpaired) electrons. The maximum absolute atomic E-state index is 5.45. The zero-order valence-electron chi connectivity index (χ0n) is 14.6. The van der Waals surface area contributed by atoms with E-state index in [1.807, 2.05) is 54.9 Å². The highest BCUT2D eigenvalue weighted by atomic mass is 32.1.